The van der Waals surface area contributed by atoms with Crippen molar-refractivity contribution in [3.05, 3.63) is 114 Å². The molecule has 0 radical (unpaired) electrons. The Bertz CT molecular complexity index is 1250. The van der Waals surface area contributed by atoms with Gasteiger partial charge in [0.2, 0.25) is 0 Å². The fourth-order valence-corrected chi connectivity index (χ4v) is 3.74. The van der Waals surface area contributed by atoms with Crippen molar-refractivity contribution >= 4 is 17.3 Å². The molecule has 5 rings (SSSR count). The summed E-state index contributed by atoms with van der Waals surface area (Å²) in [6.07, 6.45) is 1.08. The summed E-state index contributed by atoms with van der Waals surface area (Å²) in [7, 11) is 0. The van der Waals surface area contributed by atoms with Crippen molar-refractivity contribution < 1.29 is 4.79 Å². The quantitative estimate of drug-likeness (QED) is 0.542. The molecular weight excluding hydrogens is 384 g/mol. The van der Waals surface area contributed by atoms with Gasteiger partial charge in [-0.15, -0.1) is 0 Å². The first-order valence-electron chi connectivity index (χ1n) is 10.2. The molecule has 1 aliphatic rings. The lowest BCUT2D eigenvalue weighted by molar-refractivity contribution is -0.118. The van der Waals surface area contributed by atoms with E-state index in [4.69, 9.17) is 4.99 Å². The molecule has 5 nitrogen and oxygen atoms in total. The number of ketones is 1. The van der Waals surface area contributed by atoms with Crippen molar-refractivity contribution in [2.45, 2.75) is 12.6 Å². The summed E-state index contributed by atoms with van der Waals surface area (Å²) in [4.78, 5) is 26.7. The second-order valence-electron chi connectivity index (χ2n) is 7.35. The van der Waals surface area contributed by atoms with E-state index in [0.29, 0.717) is 12.2 Å². The Kier molecular flexibility index (Phi) is 5.07. The Morgan fingerprint density at radius 3 is 2.23 bits per heavy atom. The molecule has 3 aromatic carbocycles. The van der Waals surface area contributed by atoms with Crippen LogP contribution >= 0.6 is 0 Å². The first-order valence-corrected chi connectivity index (χ1v) is 10.2. The molecule has 1 N–H and O–H groups in total. The van der Waals surface area contributed by atoms with E-state index >= 15 is 0 Å². The van der Waals surface area contributed by atoms with Gasteiger partial charge in [-0.1, -0.05) is 84.9 Å². The molecule has 150 valence electrons. The van der Waals surface area contributed by atoms with E-state index < -0.39 is 6.17 Å². The SMILES string of the molecule is O=C1Cc2ccccc2C(c2ccccc2)=NC1Nc1cc(-c2ccccc2)ncn1. The Morgan fingerprint density at radius 2 is 1.45 bits per heavy atom. The molecule has 0 saturated carbocycles. The average Bonchev–Trinajstić information content (AvgIpc) is 2.97. The number of nitrogens with zero attached hydrogens (tertiary/aromatic N) is 3. The molecule has 31 heavy (non-hydrogen) atoms. The topological polar surface area (TPSA) is 67.2 Å². The molecule has 0 bridgehead atoms. The van der Waals surface area contributed by atoms with Gasteiger partial charge in [0.25, 0.3) is 0 Å². The van der Waals surface area contributed by atoms with Crippen LogP contribution in [0.5, 0.6) is 0 Å². The minimum atomic E-state index is -0.735. The zero-order chi connectivity index (χ0) is 21.0. The number of nitrogens with one attached hydrogen (secondary N) is 1. The van der Waals surface area contributed by atoms with Gasteiger partial charge >= 0.3 is 0 Å². The van der Waals surface area contributed by atoms with Gasteiger partial charge in [0.05, 0.1) is 11.4 Å². The molecule has 0 fully saturated rings. The largest absolute Gasteiger partial charge is 0.342 e. The first-order chi connectivity index (χ1) is 15.3. The summed E-state index contributed by atoms with van der Waals surface area (Å²) < 4.78 is 0. The van der Waals surface area contributed by atoms with Crippen LogP contribution in [0.15, 0.2) is 102 Å². The molecule has 2 heterocycles. The van der Waals surface area contributed by atoms with Crippen LogP contribution in [0.1, 0.15) is 16.7 Å². The van der Waals surface area contributed by atoms with Crippen molar-refractivity contribution in [1.82, 2.24) is 9.97 Å². The van der Waals surface area contributed by atoms with Crippen LogP contribution in [0, 0.1) is 0 Å². The molecule has 0 saturated heterocycles. The Balaban J connectivity index is 1.53. The van der Waals surface area contributed by atoms with Gasteiger partial charge in [0.15, 0.2) is 11.9 Å². The summed E-state index contributed by atoms with van der Waals surface area (Å²) in [6.45, 7) is 0. The van der Waals surface area contributed by atoms with Gasteiger partial charge in [-0.3, -0.25) is 9.79 Å². The molecular formula is C26H20N4O. The maximum atomic E-state index is 13.1. The van der Waals surface area contributed by atoms with E-state index in [9.17, 15) is 4.79 Å². The standard InChI is InChI=1S/C26H20N4O/c31-23-15-20-13-7-8-14-21(20)25(19-11-5-2-6-12-19)30-26(23)29-24-16-22(27-17-28-24)18-9-3-1-4-10-18/h1-14,16-17,26H,15H2,(H,27,28,29). The number of aromatic nitrogens is 2. The smallest absolute Gasteiger partial charge is 0.181 e. The van der Waals surface area contributed by atoms with Crippen molar-refractivity contribution in [3.63, 3.8) is 0 Å². The highest BCUT2D eigenvalue weighted by Gasteiger charge is 2.26. The number of hydrogen-bond donors (Lipinski definition) is 1. The number of anilines is 1. The van der Waals surface area contributed by atoms with E-state index in [1.54, 1.807) is 0 Å². The molecule has 5 heteroatoms. The number of Topliss-reactive ketones (excluding diaryl/α,β-unsaturated/α-hetero) is 1. The maximum absolute atomic E-state index is 13.1. The fourth-order valence-electron chi connectivity index (χ4n) is 3.74. The number of aliphatic imine (C=N–C) groups is 1. The van der Waals surface area contributed by atoms with Crippen LogP contribution in [-0.2, 0) is 11.2 Å². The third-order valence-corrected chi connectivity index (χ3v) is 5.27. The van der Waals surface area contributed by atoms with E-state index in [0.717, 1.165) is 33.7 Å². The highest BCUT2D eigenvalue weighted by atomic mass is 16.1. The van der Waals surface area contributed by atoms with E-state index in [-0.39, 0.29) is 5.78 Å². The van der Waals surface area contributed by atoms with E-state index in [2.05, 4.69) is 15.3 Å². The van der Waals surface area contributed by atoms with Crippen LogP contribution in [0.25, 0.3) is 11.3 Å². The van der Waals surface area contributed by atoms with Crippen LogP contribution in [0.2, 0.25) is 0 Å². The average molecular weight is 404 g/mol. The van der Waals surface area contributed by atoms with Gasteiger partial charge in [-0.25, -0.2) is 9.97 Å². The van der Waals surface area contributed by atoms with Crippen molar-refractivity contribution in [1.29, 1.82) is 0 Å². The maximum Gasteiger partial charge on any atom is 0.181 e. The van der Waals surface area contributed by atoms with Gasteiger partial charge in [0, 0.05) is 29.2 Å². The molecule has 1 aromatic heterocycles. The zero-order valence-corrected chi connectivity index (χ0v) is 16.8. The number of rotatable bonds is 4. The lowest BCUT2D eigenvalue weighted by atomic mass is 9.96. The van der Waals surface area contributed by atoms with Gasteiger partial charge in [-0.05, 0) is 5.56 Å². The fraction of sp³-hybridized carbons (Fsp3) is 0.0769. The highest BCUT2D eigenvalue weighted by molar-refractivity contribution is 6.16. The van der Waals surface area contributed by atoms with Crippen LogP contribution in [0.3, 0.4) is 0 Å². The third kappa shape index (κ3) is 3.98. The van der Waals surface area contributed by atoms with Crippen LogP contribution in [0.4, 0.5) is 5.82 Å². The van der Waals surface area contributed by atoms with Crippen molar-refractivity contribution in [2.75, 3.05) is 5.32 Å². The van der Waals surface area contributed by atoms with E-state index in [1.807, 2.05) is 91.0 Å². The lowest BCUT2D eigenvalue weighted by Gasteiger charge is -2.14. The molecule has 0 aliphatic carbocycles. The minimum Gasteiger partial charge on any atom is -0.342 e. The second-order valence-corrected chi connectivity index (χ2v) is 7.35. The van der Waals surface area contributed by atoms with Crippen LogP contribution in [-0.4, -0.2) is 27.6 Å². The summed E-state index contributed by atoms with van der Waals surface area (Å²) in [5.41, 5.74) is 5.52. The van der Waals surface area contributed by atoms with E-state index in [1.165, 1.54) is 6.33 Å². The van der Waals surface area contributed by atoms with Crippen molar-refractivity contribution in [2.24, 2.45) is 4.99 Å². The number of carbonyl (C=O) groups excluding carboxylic acids is 1. The number of carbonyl (C=O) groups is 1. The van der Waals surface area contributed by atoms with Crippen molar-refractivity contribution in [3.8, 4) is 11.3 Å². The molecule has 0 spiro atoms. The summed E-state index contributed by atoms with van der Waals surface area (Å²) in [6, 6.07) is 29.6. The molecule has 4 aromatic rings. The highest BCUT2D eigenvalue weighted by Crippen LogP contribution is 2.23. The van der Waals surface area contributed by atoms with Gasteiger partial charge in [-0.2, -0.15) is 0 Å². The summed E-state index contributed by atoms with van der Waals surface area (Å²) in [5, 5.41) is 3.23. The predicted octanol–water partition coefficient (Wildman–Crippen LogP) is 4.54. The Hall–Kier alpha value is -4.12. The molecule has 0 amide bonds. The second kappa shape index (κ2) is 8.32. The summed E-state index contributed by atoms with van der Waals surface area (Å²) in [5.74, 6) is 0.563. The zero-order valence-electron chi connectivity index (χ0n) is 16.8. The Morgan fingerprint density at radius 1 is 0.774 bits per heavy atom. The molecule has 1 atom stereocenters. The Labute approximate surface area is 180 Å². The minimum absolute atomic E-state index is 0.00162. The van der Waals surface area contributed by atoms with Crippen LogP contribution < -0.4 is 5.32 Å². The summed E-state index contributed by atoms with van der Waals surface area (Å²) >= 11 is 0. The molecule has 1 aliphatic heterocycles. The normalized spacial score (nSPS) is 15.5. The monoisotopic (exact) mass is 404 g/mol. The van der Waals surface area contributed by atoms with Gasteiger partial charge in [0.1, 0.15) is 12.1 Å². The number of fused-ring (bicyclic) bond motifs is 1. The predicted molar refractivity (Wildman–Crippen MR) is 122 cm³/mol. The lowest BCUT2D eigenvalue weighted by Crippen LogP contribution is -2.29. The first kappa shape index (κ1) is 18.9. The van der Waals surface area contributed by atoms with Gasteiger partial charge < -0.3 is 5.32 Å². The number of benzene rings is 3. The third-order valence-electron chi connectivity index (χ3n) is 5.27. The molecule has 1 unspecified atom stereocenters. The number of hydrogen-bond acceptors (Lipinski definition) is 5.